The lowest BCUT2D eigenvalue weighted by Gasteiger charge is -2.28. The molecule has 23 heavy (non-hydrogen) atoms. The van der Waals surface area contributed by atoms with Gasteiger partial charge in [-0.25, -0.2) is 0 Å². The van der Waals surface area contributed by atoms with E-state index in [2.05, 4.69) is 48.1 Å². The zero-order valence-electron chi connectivity index (χ0n) is 14.0. The molecule has 2 unspecified atom stereocenters. The standard InChI is InChI=1S/C19H26N2O2/c1-13(2)18-15(10-12-23-18)19(22)20-16-9-11-21(3)17(16)14-7-5-4-6-8-14/h4-8,15-18H,1,9-12H2,2-3H3,(H,20,22)/t15-,16?,17?,18-/m1/s1. The first kappa shape index (κ1) is 16.2. The van der Waals surface area contributed by atoms with Gasteiger partial charge in [-0.15, -0.1) is 0 Å². The summed E-state index contributed by atoms with van der Waals surface area (Å²) in [5.74, 6) is 0.00607. The van der Waals surface area contributed by atoms with Crippen molar-refractivity contribution in [2.75, 3.05) is 20.2 Å². The van der Waals surface area contributed by atoms with Crippen LogP contribution >= 0.6 is 0 Å². The Morgan fingerprint density at radius 1 is 1.30 bits per heavy atom. The van der Waals surface area contributed by atoms with Crippen LogP contribution in [-0.2, 0) is 9.53 Å². The van der Waals surface area contributed by atoms with Gasteiger partial charge < -0.3 is 10.1 Å². The lowest BCUT2D eigenvalue weighted by molar-refractivity contribution is -0.127. The number of likely N-dealkylation sites (N-methyl/N-ethyl adjacent to an activating group) is 1. The molecule has 4 heteroatoms. The van der Waals surface area contributed by atoms with Gasteiger partial charge >= 0.3 is 0 Å². The second kappa shape index (κ2) is 6.85. The minimum absolute atomic E-state index is 0.102. The van der Waals surface area contributed by atoms with Crippen LogP contribution in [0, 0.1) is 5.92 Å². The minimum atomic E-state index is -0.135. The molecule has 0 spiro atoms. The van der Waals surface area contributed by atoms with E-state index in [0.29, 0.717) is 6.61 Å². The number of rotatable bonds is 4. The van der Waals surface area contributed by atoms with Crippen LogP contribution in [0.25, 0.3) is 0 Å². The summed E-state index contributed by atoms with van der Waals surface area (Å²) in [6.07, 6.45) is 1.62. The molecule has 2 aliphatic heterocycles. The van der Waals surface area contributed by atoms with E-state index in [-0.39, 0.29) is 30.0 Å². The van der Waals surface area contributed by atoms with Crippen LogP contribution in [0.2, 0.25) is 0 Å². The predicted molar refractivity (Wildman–Crippen MR) is 91.0 cm³/mol. The van der Waals surface area contributed by atoms with Crippen molar-refractivity contribution in [1.82, 2.24) is 10.2 Å². The molecule has 0 saturated carbocycles. The third-order valence-electron chi connectivity index (χ3n) is 5.03. The second-order valence-electron chi connectivity index (χ2n) is 6.77. The van der Waals surface area contributed by atoms with Crippen molar-refractivity contribution in [3.05, 3.63) is 48.0 Å². The third kappa shape index (κ3) is 3.33. The van der Waals surface area contributed by atoms with Gasteiger partial charge in [0.25, 0.3) is 0 Å². The van der Waals surface area contributed by atoms with Gasteiger partial charge in [0, 0.05) is 19.2 Å². The van der Waals surface area contributed by atoms with E-state index in [0.717, 1.165) is 25.0 Å². The number of hydrogen-bond donors (Lipinski definition) is 1. The quantitative estimate of drug-likeness (QED) is 0.868. The van der Waals surface area contributed by atoms with Gasteiger partial charge in [0.15, 0.2) is 0 Å². The highest BCUT2D eigenvalue weighted by atomic mass is 16.5. The monoisotopic (exact) mass is 314 g/mol. The normalized spacial score (nSPS) is 31.2. The number of carbonyl (C=O) groups excluding carboxylic acids is 1. The van der Waals surface area contributed by atoms with Crippen LogP contribution in [0.1, 0.15) is 31.4 Å². The number of nitrogens with one attached hydrogen (secondary N) is 1. The van der Waals surface area contributed by atoms with E-state index >= 15 is 0 Å². The number of nitrogens with zero attached hydrogens (tertiary/aromatic N) is 1. The lowest BCUT2D eigenvalue weighted by Crippen LogP contribution is -2.44. The highest BCUT2D eigenvalue weighted by Gasteiger charge is 2.39. The molecule has 1 aromatic rings. The molecule has 4 atom stereocenters. The summed E-state index contributed by atoms with van der Waals surface area (Å²) in [6, 6.07) is 10.8. The Kier molecular flexibility index (Phi) is 4.83. The second-order valence-corrected chi connectivity index (χ2v) is 6.77. The average Bonchev–Trinajstić information content (AvgIpc) is 3.15. The van der Waals surface area contributed by atoms with Crippen molar-refractivity contribution < 1.29 is 9.53 Å². The summed E-state index contributed by atoms with van der Waals surface area (Å²) >= 11 is 0. The fourth-order valence-corrected chi connectivity index (χ4v) is 3.87. The molecule has 1 aromatic carbocycles. The van der Waals surface area contributed by atoms with E-state index in [9.17, 15) is 4.79 Å². The molecule has 4 nitrogen and oxygen atoms in total. The molecule has 3 rings (SSSR count). The molecule has 0 aliphatic carbocycles. The van der Waals surface area contributed by atoms with Gasteiger partial charge in [-0.05, 0) is 32.4 Å². The first-order valence-corrected chi connectivity index (χ1v) is 8.40. The molecule has 2 aliphatic rings. The fourth-order valence-electron chi connectivity index (χ4n) is 3.87. The maximum atomic E-state index is 12.7. The predicted octanol–water partition coefficient (Wildman–Crippen LogP) is 2.53. The van der Waals surface area contributed by atoms with Gasteiger partial charge in [-0.3, -0.25) is 9.69 Å². The van der Waals surface area contributed by atoms with Crippen LogP contribution in [-0.4, -0.2) is 43.2 Å². The summed E-state index contributed by atoms with van der Waals surface area (Å²) in [5.41, 5.74) is 2.20. The van der Waals surface area contributed by atoms with Crippen LogP contribution < -0.4 is 5.32 Å². The smallest absolute Gasteiger partial charge is 0.226 e. The SMILES string of the molecule is C=C(C)[C@H]1OCC[C@H]1C(=O)NC1CCN(C)C1c1ccccc1. The Hall–Kier alpha value is -1.65. The Balaban J connectivity index is 1.71. The summed E-state index contributed by atoms with van der Waals surface area (Å²) < 4.78 is 5.67. The maximum Gasteiger partial charge on any atom is 0.226 e. The Morgan fingerprint density at radius 2 is 2.04 bits per heavy atom. The third-order valence-corrected chi connectivity index (χ3v) is 5.03. The molecule has 1 amide bonds. The minimum Gasteiger partial charge on any atom is -0.373 e. The van der Waals surface area contributed by atoms with Gasteiger partial charge in [0.1, 0.15) is 0 Å². The van der Waals surface area contributed by atoms with E-state index in [4.69, 9.17) is 4.74 Å². The van der Waals surface area contributed by atoms with Crippen LogP contribution in [0.3, 0.4) is 0 Å². The first-order chi connectivity index (χ1) is 11.1. The molecule has 2 fully saturated rings. The van der Waals surface area contributed by atoms with Crippen molar-refractivity contribution in [3.8, 4) is 0 Å². The molecular weight excluding hydrogens is 288 g/mol. The average molecular weight is 314 g/mol. The lowest BCUT2D eigenvalue weighted by atomic mass is 9.94. The Bertz CT molecular complexity index is 572. The van der Waals surface area contributed by atoms with E-state index in [1.165, 1.54) is 5.56 Å². The fraction of sp³-hybridized carbons (Fsp3) is 0.526. The van der Waals surface area contributed by atoms with Gasteiger partial charge in [-0.2, -0.15) is 0 Å². The number of likely N-dealkylation sites (tertiary alicyclic amines) is 1. The van der Waals surface area contributed by atoms with Crippen molar-refractivity contribution in [2.24, 2.45) is 5.92 Å². The molecule has 1 N–H and O–H groups in total. The number of amides is 1. The molecule has 124 valence electrons. The summed E-state index contributed by atoms with van der Waals surface area (Å²) in [4.78, 5) is 15.1. The topological polar surface area (TPSA) is 41.6 Å². The van der Waals surface area contributed by atoms with Crippen molar-refractivity contribution in [3.63, 3.8) is 0 Å². The van der Waals surface area contributed by atoms with Crippen molar-refractivity contribution in [1.29, 1.82) is 0 Å². The Morgan fingerprint density at radius 3 is 2.74 bits per heavy atom. The molecule has 0 radical (unpaired) electrons. The van der Waals surface area contributed by atoms with Crippen LogP contribution in [0.15, 0.2) is 42.5 Å². The highest BCUT2D eigenvalue weighted by Crippen LogP contribution is 2.32. The summed E-state index contributed by atoms with van der Waals surface area (Å²) in [7, 11) is 2.12. The molecule has 0 bridgehead atoms. The first-order valence-electron chi connectivity index (χ1n) is 8.40. The van der Waals surface area contributed by atoms with Gasteiger partial charge in [0.2, 0.25) is 5.91 Å². The zero-order valence-corrected chi connectivity index (χ0v) is 14.0. The number of hydrogen-bond acceptors (Lipinski definition) is 3. The van der Waals surface area contributed by atoms with Crippen LogP contribution in [0.5, 0.6) is 0 Å². The van der Waals surface area contributed by atoms with Gasteiger partial charge in [-0.1, -0.05) is 42.5 Å². The van der Waals surface area contributed by atoms with E-state index < -0.39 is 0 Å². The van der Waals surface area contributed by atoms with E-state index in [1.54, 1.807) is 0 Å². The maximum absolute atomic E-state index is 12.7. The van der Waals surface area contributed by atoms with Gasteiger partial charge in [0.05, 0.1) is 18.1 Å². The highest BCUT2D eigenvalue weighted by molar-refractivity contribution is 5.80. The van der Waals surface area contributed by atoms with Crippen LogP contribution in [0.4, 0.5) is 0 Å². The van der Waals surface area contributed by atoms with Crippen molar-refractivity contribution >= 4 is 5.91 Å². The zero-order chi connectivity index (χ0) is 16.4. The Labute approximate surface area is 138 Å². The van der Waals surface area contributed by atoms with Crippen molar-refractivity contribution in [2.45, 2.75) is 38.0 Å². The van der Waals surface area contributed by atoms with E-state index in [1.807, 2.05) is 13.0 Å². The molecule has 0 aromatic heterocycles. The summed E-state index contributed by atoms with van der Waals surface area (Å²) in [6.45, 7) is 7.54. The number of carbonyl (C=O) groups is 1. The molecular formula is C19H26N2O2. The summed E-state index contributed by atoms with van der Waals surface area (Å²) in [5, 5.41) is 3.28. The number of benzene rings is 1. The molecule has 2 saturated heterocycles. The molecule has 2 heterocycles. The number of ether oxygens (including phenoxy) is 1. The largest absolute Gasteiger partial charge is 0.373 e.